The molecule has 2 N–H and O–H groups in total. The lowest BCUT2D eigenvalue weighted by Crippen LogP contribution is -2.42. The van der Waals surface area contributed by atoms with E-state index in [4.69, 9.17) is 0 Å². The minimum Gasteiger partial charge on any atom is -0.273 e. The number of carbonyl (C=O) groups is 2. The Kier molecular flexibility index (Phi) is 7.26. The summed E-state index contributed by atoms with van der Waals surface area (Å²) >= 11 is 0. The molecule has 1 rings (SSSR count). The number of nitrogens with one attached hydrogen (secondary N) is 2. The first kappa shape index (κ1) is 19.2. The molecule has 130 valence electrons. The van der Waals surface area contributed by atoms with E-state index in [-0.39, 0.29) is 17.7 Å². The molecule has 0 spiro atoms. The Morgan fingerprint density at radius 2 is 1.65 bits per heavy atom. The number of hydrazine groups is 1. The Balaban J connectivity index is 2.50. The fourth-order valence-corrected chi connectivity index (χ4v) is 2.48. The van der Waals surface area contributed by atoms with Gasteiger partial charge < -0.3 is 0 Å². The number of hydrogen-bond acceptors (Lipinski definition) is 3. The van der Waals surface area contributed by atoms with Crippen molar-refractivity contribution in [1.82, 2.24) is 20.6 Å². The van der Waals surface area contributed by atoms with E-state index in [0.29, 0.717) is 25.2 Å². The fraction of sp³-hybridized carbons (Fsp3) is 0.706. The van der Waals surface area contributed by atoms with Crippen molar-refractivity contribution in [3.63, 3.8) is 0 Å². The van der Waals surface area contributed by atoms with Crippen LogP contribution in [0.4, 0.5) is 0 Å². The quantitative estimate of drug-likeness (QED) is 0.756. The first-order valence-corrected chi connectivity index (χ1v) is 8.31. The number of carbonyl (C=O) groups excluding carboxylic acids is 2. The molecule has 0 saturated carbocycles. The van der Waals surface area contributed by atoms with Crippen LogP contribution in [0.5, 0.6) is 0 Å². The van der Waals surface area contributed by atoms with Gasteiger partial charge in [0.05, 0.1) is 5.69 Å². The monoisotopic (exact) mass is 322 g/mol. The Bertz CT molecular complexity index is 547. The van der Waals surface area contributed by atoms with Gasteiger partial charge in [0.25, 0.3) is 0 Å². The molecule has 0 unspecified atom stereocenters. The van der Waals surface area contributed by atoms with Crippen LogP contribution in [-0.4, -0.2) is 21.6 Å². The van der Waals surface area contributed by atoms with Crippen molar-refractivity contribution < 1.29 is 9.59 Å². The molecule has 1 aromatic heterocycles. The van der Waals surface area contributed by atoms with Crippen molar-refractivity contribution in [2.45, 2.75) is 67.3 Å². The molecule has 0 atom stereocenters. The van der Waals surface area contributed by atoms with E-state index in [2.05, 4.69) is 29.8 Å². The maximum Gasteiger partial charge on any atom is 0.238 e. The topological polar surface area (TPSA) is 76.0 Å². The van der Waals surface area contributed by atoms with E-state index in [1.54, 1.807) is 0 Å². The molecule has 6 heteroatoms. The molecule has 0 bridgehead atoms. The van der Waals surface area contributed by atoms with Crippen LogP contribution >= 0.6 is 0 Å². The van der Waals surface area contributed by atoms with Gasteiger partial charge in [0.1, 0.15) is 0 Å². The number of amides is 2. The largest absolute Gasteiger partial charge is 0.273 e. The summed E-state index contributed by atoms with van der Waals surface area (Å²) in [5.41, 5.74) is 8.13. The van der Waals surface area contributed by atoms with Crippen molar-refractivity contribution >= 4 is 11.8 Å². The molecule has 1 aromatic rings. The lowest BCUT2D eigenvalue weighted by molar-refractivity contribution is -0.129. The summed E-state index contributed by atoms with van der Waals surface area (Å²) in [6.45, 7) is 13.1. The molecule has 0 radical (unpaired) electrons. The van der Waals surface area contributed by atoms with E-state index < -0.39 is 0 Å². The van der Waals surface area contributed by atoms with E-state index >= 15 is 0 Å². The Morgan fingerprint density at radius 1 is 1.04 bits per heavy atom. The number of aromatic nitrogens is 2. The summed E-state index contributed by atoms with van der Waals surface area (Å²) in [6, 6.07) is 0. The van der Waals surface area contributed by atoms with Crippen LogP contribution in [-0.2, 0) is 22.6 Å². The molecule has 0 fully saturated rings. The van der Waals surface area contributed by atoms with Crippen LogP contribution in [0.15, 0.2) is 0 Å². The highest BCUT2D eigenvalue weighted by Crippen LogP contribution is 2.16. The van der Waals surface area contributed by atoms with Crippen molar-refractivity contribution in [3.8, 4) is 0 Å². The van der Waals surface area contributed by atoms with Crippen LogP contribution in [0.3, 0.4) is 0 Å². The zero-order chi connectivity index (χ0) is 17.6. The first-order valence-electron chi connectivity index (χ1n) is 8.31. The molecule has 6 nitrogen and oxygen atoms in total. The fourth-order valence-electron chi connectivity index (χ4n) is 2.48. The van der Waals surface area contributed by atoms with Crippen molar-refractivity contribution in [2.75, 3.05) is 0 Å². The number of aryl methyl sites for hydroxylation is 1. The van der Waals surface area contributed by atoms with Gasteiger partial charge in [-0.05, 0) is 37.7 Å². The molecule has 1 heterocycles. The third-order valence-corrected chi connectivity index (χ3v) is 3.61. The van der Waals surface area contributed by atoms with E-state index in [1.807, 2.05) is 32.4 Å². The second-order valence-electron chi connectivity index (χ2n) is 6.92. The number of hydrogen-bond donors (Lipinski definition) is 2. The molecule has 2 amide bonds. The predicted octanol–water partition coefficient (Wildman–Crippen LogP) is 2.28. The molecule has 0 saturated heterocycles. The molecular formula is C17H30N4O2. The minimum absolute atomic E-state index is 0.162. The third kappa shape index (κ3) is 6.42. The van der Waals surface area contributed by atoms with Gasteiger partial charge in [0.15, 0.2) is 0 Å². The lowest BCUT2D eigenvalue weighted by Gasteiger charge is -2.09. The highest BCUT2D eigenvalue weighted by atomic mass is 16.2. The first-order chi connectivity index (χ1) is 10.7. The molecule has 0 aliphatic heterocycles. The summed E-state index contributed by atoms with van der Waals surface area (Å²) in [4.78, 5) is 23.4. The van der Waals surface area contributed by atoms with Crippen LogP contribution in [0.25, 0.3) is 0 Å². The molecular weight excluding hydrogens is 292 g/mol. The maximum atomic E-state index is 11.9. The average Bonchev–Trinajstić information content (AvgIpc) is 2.67. The van der Waals surface area contributed by atoms with Crippen molar-refractivity contribution in [3.05, 3.63) is 17.0 Å². The van der Waals surface area contributed by atoms with Crippen LogP contribution in [0, 0.1) is 25.7 Å². The maximum absolute atomic E-state index is 11.9. The Hall–Kier alpha value is -1.85. The third-order valence-electron chi connectivity index (χ3n) is 3.61. The second kappa shape index (κ2) is 8.70. The van der Waals surface area contributed by atoms with E-state index in [0.717, 1.165) is 23.5 Å². The van der Waals surface area contributed by atoms with Gasteiger partial charge in [-0.3, -0.25) is 25.1 Å². The van der Waals surface area contributed by atoms with Crippen LogP contribution in [0.1, 0.15) is 57.5 Å². The highest BCUT2D eigenvalue weighted by Gasteiger charge is 2.14. The molecule has 0 aliphatic rings. The van der Waals surface area contributed by atoms with Gasteiger partial charge in [-0.15, -0.1) is 0 Å². The number of rotatable bonds is 7. The zero-order valence-electron chi connectivity index (χ0n) is 15.2. The number of nitrogens with zero attached hydrogens (tertiary/aromatic N) is 2. The minimum atomic E-state index is -0.183. The highest BCUT2D eigenvalue weighted by molar-refractivity contribution is 5.82. The zero-order valence-corrected chi connectivity index (χ0v) is 15.2. The van der Waals surface area contributed by atoms with Gasteiger partial charge in [-0.25, -0.2) is 0 Å². The Labute approximate surface area is 139 Å². The van der Waals surface area contributed by atoms with Gasteiger partial charge in [0.2, 0.25) is 11.8 Å². The van der Waals surface area contributed by atoms with Gasteiger partial charge in [-0.2, -0.15) is 5.10 Å². The van der Waals surface area contributed by atoms with E-state index in [9.17, 15) is 9.59 Å². The van der Waals surface area contributed by atoms with Crippen molar-refractivity contribution in [2.24, 2.45) is 11.8 Å². The molecule has 0 aromatic carbocycles. The normalized spacial score (nSPS) is 11.1. The lowest BCUT2D eigenvalue weighted by atomic mass is 10.1. The standard InChI is InChI=1S/C17H30N4O2/c1-11(2)9-17(23)19-18-16(22)8-7-15-13(5)20-21(14(15)6)10-12(3)4/h11-12H,7-10H2,1-6H3,(H,18,22)(H,19,23). The summed E-state index contributed by atoms with van der Waals surface area (Å²) in [5.74, 6) is 0.451. The summed E-state index contributed by atoms with van der Waals surface area (Å²) in [7, 11) is 0. The molecule has 23 heavy (non-hydrogen) atoms. The SMILES string of the molecule is Cc1nn(CC(C)C)c(C)c1CCC(=O)NNC(=O)CC(C)C. The van der Waals surface area contributed by atoms with Gasteiger partial charge >= 0.3 is 0 Å². The average molecular weight is 322 g/mol. The summed E-state index contributed by atoms with van der Waals surface area (Å²) in [5, 5.41) is 4.55. The predicted molar refractivity (Wildman–Crippen MR) is 90.6 cm³/mol. The van der Waals surface area contributed by atoms with Crippen LogP contribution < -0.4 is 10.9 Å². The van der Waals surface area contributed by atoms with Gasteiger partial charge in [0, 0.05) is 25.1 Å². The van der Waals surface area contributed by atoms with Crippen LogP contribution in [0.2, 0.25) is 0 Å². The van der Waals surface area contributed by atoms with Gasteiger partial charge in [-0.1, -0.05) is 27.7 Å². The van der Waals surface area contributed by atoms with E-state index in [1.165, 1.54) is 0 Å². The summed E-state index contributed by atoms with van der Waals surface area (Å²) < 4.78 is 2.01. The molecule has 0 aliphatic carbocycles. The van der Waals surface area contributed by atoms with Crippen molar-refractivity contribution in [1.29, 1.82) is 0 Å². The summed E-state index contributed by atoms with van der Waals surface area (Å²) in [6.07, 6.45) is 1.36. The smallest absolute Gasteiger partial charge is 0.238 e. The Morgan fingerprint density at radius 3 is 2.22 bits per heavy atom. The second-order valence-corrected chi connectivity index (χ2v) is 6.92.